The molecule has 10 heavy (non-hydrogen) atoms. The molecule has 0 saturated heterocycles. The van der Waals surface area contributed by atoms with Crippen LogP contribution < -0.4 is 5.73 Å². The molecule has 2 atom stereocenters. The van der Waals surface area contributed by atoms with Crippen molar-refractivity contribution in [2.45, 2.75) is 12.8 Å². The third-order valence-electron chi connectivity index (χ3n) is 2.22. The number of ether oxygens (including phenoxy) is 1. The Morgan fingerprint density at radius 3 is 2.70 bits per heavy atom. The van der Waals surface area contributed by atoms with Gasteiger partial charge < -0.3 is 10.5 Å². The predicted molar refractivity (Wildman–Crippen MR) is 37.3 cm³/mol. The molecule has 1 aliphatic carbocycles. The van der Waals surface area contributed by atoms with Crippen LogP contribution in [0.25, 0.3) is 0 Å². The summed E-state index contributed by atoms with van der Waals surface area (Å²) in [6.45, 7) is 0.611. The molecule has 1 fully saturated rings. The van der Waals surface area contributed by atoms with Crippen LogP contribution in [0.3, 0.4) is 0 Å². The Morgan fingerprint density at radius 2 is 2.40 bits per heavy atom. The Bertz CT molecular complexity index is 134. The van der Waals surface area contributed by atoms with Crippen LogP contribution in [0.5, 0.6) is 0 Å². The van der Waals surface area contributed by atoms with Gasteiger partial charge in [-0.2, -0.15) is 0 Å². The lowest BCUT2D eigenvalue weighted by Crippen LogP contribution is -2.38. The molecular weight excluding hydrogens is 130 g/mol. The van der Waals surface area contributed by atoms with Gasteiger partial charge in [0.05, 0.1) is 13.0 Å². The first-order valence-electron chi connectivity index (χ1n) is 3.57. The maximum atomic E-state index is 10.9. The van der Waals surface area contributed by atoms with E-state index in [1.807, 2.05) is 0 Å². The van der Waals surface area contributed by atoms with Crippen molar-refractivity contribution < 1.29 is 9.53 Å². The molecule has 3 heteroatoms. The zero-order valence-corrected chi connectivity index (χ0v) is 6.17. The highest BCUT2D eigenvalue weighted by Crippen LogP contribution is 2.33. The molecule has 0 aliphatic heterocycles. The Labute approximate surface area is 60.5 Å². The van der Waals surface area contributed by atoms with Gasteiger partial charge in [-0.25, -0.2) is 0 Å². The average Bonchev–Trinajstić information content (AvgIpc) is 1.86. The second-order valence-electron chi connectivity index (χ2n) is 2.70. The van der Waals surface area contributed by atoms with Crippen LogP contribution in [0.1, 0.15) is 12.8 Å². The normalized spacial score (nSPS) is 31.0. The van der Waals surface area contributed by atoms with E-state index in [0.717, 1.165) is 12.8 Å². The molecule has 0 aromatic carbocycles. The second-order valence-corrected chi connectivity index (χ2v) is 2.70. The van der Waals surface area contributed by atoms with Gasteiger partial charge in [0.15, 0.2) is 0 Å². The number of nitrogens with two attached hydrogens (primary N) is 1. The third kappa shape index (κ3) is 1.14. The summed E-state index contributed by atoms with van der Waals surface area (Å²) in [6.07, 6.45) is 2.03. The van der Waals surface area contributed by atoms with E-state index in [0.29, 0.717) is 12.5 Å². The maximum Gasteiger partial charge on any atom is 0.308 e. The molecule has 0 spiro atoms. The van der Waals surface area contributed by atoms with Crippen molar-refractivity contribution in [3.63, 3.8) is 0 Å². The minimum absolute atomic E-state index is 0.0926. The Morgan fingerprint density at radius 1 is 1.70 bits per heavy atom. The third-order valence-corrected chi connectivity index (χ3v) is 2.22. The van der Waals surface area contributed by atoms with Crippen molar-refractivity contribution >= 4 is 5.97 Å². The monoisotopic (exact) mass is 143 g/mol. The summed E-state index contributed by atoms with van der Waals surface area (Å²) < 4.78 is 4.59. The molecule has 0 radical (unpaired) electrons. The fourth-order valence-corrected chi connectivity index (χ4v) is 1.31. The molecule has 3 nitrogen and oxygen atoms in total. The molecule has 0 aromatic rings. The van der Waals surface area contributed by atoms with E-state index in [2.05, 4.69) is 4.74 Å². The number of carbonyl (C=O) groups is 1. The largest absolute Gasteiger partial charge is 0.469 e. The molecule has 0 unspecified atom stereocenters. The van der Waals surface area contributed by atoms with Crippen molar-refractivity contribution in [2.75, 3.05) is 13.7 Å². The lowest BCUT2D eigenvalue weighted by Gasteiger charge is -2.32. The van der Waals surface area contributed by atoms with E-state index in [9.17, 15) is 4.79 Å². The van der Waals surface area contributed by atoms with Crippen LogP contribution in [0.4, 0.5) is 0 Å². The molecule has 0 heterocycles. The Kier molecular flexibility index (Phi) is 2.27. The lowest BCUT2D eigenvalue weighted by molar-refractivity contribution is -0.151. The first-order chi connectivity index (χ1) is 4.79. The quantitative estimate of drug-likeness (QED) is 0.559. The van der Waals surface area contributed by atoms with Gasteiger partial charge in [0.1, 0.15) is 0 Å². The van der Waals surface area contributed by atoms with E-state index in [1.165, 1.54) is 7.11 Å². The van der Waals surface area contributed by atoms with Crippen molar-refractivity contribution in [2.24, 2.45) is 17.6 Å². The number of hydrogen-bond donors (Lipinski definition) is 1. The smallest absolute Gasteiger partial charge is 0.308 e. The summed E-state index contributed by atoms with van der Waals surface area (Å²) >= 11 is 0. The molecule has 1 rings (SSSR count). The van der Waals surface area contributed by atoms with Gasteiger partial charge in [-0.3, -0.25) is 4.79 Å². The van der Waals surface area contributed by atoms with Crippen LogP contribution >= 0.6 is 0 Å². The van der Waals surface area contributed by atoms with Crippen LogP contribution in [0.2, 0.25) is 0 Å². The topological polar surface area (TPSA) is 52.3 Å². The van der Waals surface area contributed by atoms with Gasteiger partial charge in [-0.15, -0.1) is 0 Å². The van der Waals surface area contributed by atoms with E-state index < -0.39 is 0 Å². The number of carbonyl (C=O) groups excluding carboxylic acids is 1. The summed E-state index contributed by atoms with van der Waals surface area (Å²) in [5.74, 6) is 0.379. The highest BCUT2D eigenvalue weighted by molar-refractivity contribution is 5.73. The van der Waals surface area contributed by atoms with Gasteiger partial charge in [-0.1, -0.05) is 0 Å². The van der Waals surface area contributed by atoms with E-state index in [-0.39, 0.29) is 11.9 Å². The van der Waals surface area contributed by atoms with Crippen molar-refractivity contribution in [1.82, 2.24) is 0 Å². The molecule has 0 amide bonds. The molecule has 0 aromatic heterocycles. The molecule has 1 saturated carbocycles. The summed E-state index contributed by atoms with van der Waals surface area (Å²) in [5, 5.41) is 0. The van der Waals surface area contributed by atoms with Gasteiger partial charge in [0, 0.05) is 0 Å². The maximum absolute atomic E-state index is 10.9. The Balaban J connectivity index is 2.35. The SMILES string of the molecule is COC(=O)[C@@H]1CC[C@H]1CN. The zero-order valence-electron chi connectivity index (χ0n) is 6.17. The predicted octanol–water partition coefficient (Wildman–Crippen LogP) is 0.144. The van der Waals surface area contributed by atoms with E-state index in [1.54, 1.807) is 0 Å². The summed E-state index contributed by atoms with van der Waals surface area (Å²) in [5.41, 5.74) is 5.41. The van der Waals surface area contributed by atoms with Gasteiger partial charge in [-0.05, 0) is 25.3 Å². The zero-order chi connectivity index (χ0) is 7.56. The van der Waals surface area contributed by atoms with Crippen LogP contribution in [-0.2, 0) is 9.53 Å². The highest BCUT2D eigenvalue weighted by atomic mass is 16.5. The van der Waals surface area contributed by atoms with Crippen molar-refractivity contribution in [1.29, 1.82) is 0 Å². The second kappa shape index (κ2) is 3.01. The average molecular weight is 143 g/mol. The van der Waals surface area contributed by atoms with Gasteiger partial charge >= 0.3 is 5.97 Å². The molecule has 0 bridgehead atoms. The number of methoxy groups -OCH3 is 1. The Hall–Kier alpha value is -0.570. The van der Waals surface area contributed by atoms with Crippen LogP contribution in [-0.4, -0.2) is 19.6 Å². The molecule has 2 N–H and O–H groups in total. The standard InChI is InChI=1S/C7H13NO2/c1-10-7(9)6-3-2-5(6)4-8/h5-6H,2-4,8H2,1H3/t5-,6+/m0/s1. The first-order valence-corrected chi connectivity index (χ1v) is 3.57. The van der Waals surface area contributed by atoms with Crippen LogP contribution in [0.15, 0.2) is 0 Å². The summed E-state index contributed by atoms with van der Waals surface area (Å²) in [6, 6.07) is 0. The fraction of sp³-hybridized carbons (Fsp3) is 0.857. The summed E-state index contributed by atoms with van der Waals surface area (Å²) in [7, 11) is 1.42. The van der Waals surface area contributed by atoms with Gasteiger partial charge in [0.25, 0.3) is 0 Å². The minimum Gasteiger partial charge on any atom is -0.469 e. The van der Waals surface area contributed by atoms with Crippen molar-refractivity contribution in [3.8, 4) is 0 Å². The van der Waals surface area contributed by atoms with E-state index >= 15 is 0 Å². The number of rotatable bonds is 2. The van der Waals surface area contributed by atoms with E-state index in [4.69, 9.17) is 5.73 Å². The number of esters is 1. The fourth-order valence-electron chi connectivity index (χ4n) is 1.31. The van der Waals surface area contributed by atoms with Crippen molar-refractivity contribution in [3.05, 3.63) is 0 Å². The molecule has 58 valence electrons. The van der Waals surface area contributed by atoms with Crippen LogP contribution in [0, 0.1) is 11.8 Å². The highest BCUT2D eigenvalue weighted by Gasteiger charge is 2.35. The molecular formula is C7H13NO2. The first kappa shape index (κ1) is 7.54. The summed E-state index contributed by atoms with van der Waals surface area (Å²) in [4.78, 5) is 10.9. The lowest BCUT2D eigenvalue weighted by atomic mass is 9.74. The number of hydrogen-bond acceptors (Lipinski definition) is 3. The molecule has 1 aliphatic rings. The minimum atomic E-state index is -0.0956. The van der Waals surface area contributed by atoms with Gasteiger partial charge in [0.2, 0.25) is 0 Å².